The first-order chi connectivity index (χ1) is 10.8. The second kappa shape index (κ2) is 6.93. The summed E-state index contributed by atoms with van der Waals surface area (Å²) in [6.45, 7) is 3.87. The van der Waals surface area contributed by atoms with E-state index >= 15 is 0 Å². The number of hydrogen-bond acceptors (Lipinski definition) is 5. The fourth-order valence-corrected chi connectivity index (χ4v) is 2.43. The summed E-state index contributed by atoms with van der Waals surface area (Å²) in [5, 5.41) is 21.7. The number of aromatic nitrogens is 1. The zero-order valence-corrected chi connectivity index (χ0v) is 13.7. The molecule has 1 heterocycles. The van der Waals surface area contributed by atoms with Gasteiger partial charge in [-0.3, -0.25) is 10.1 Å². The van der Waals surface area contributed by atoms with Crippen LogP contribution in [0.25, 0.3) is 0 Å². The third kappa shape index (κ3) is 4.91. The van der Waals surface area contributed by atoms with Gasteiger partial charge in [0, 0.05) is 25.4 Å². The highest BCUT2D eigenvalue weighted by molar-refractivity contribution is 6.30. The summed E-state index contributed by atoms with van der Waals surface area (Å²) >= 11 is 5.82. The van der Waals surface area contributed by atoms with Crippen LogP contribution in [-0.2, 0) is 6.54 Å². The average molecular weight is 336 g/mol. The van der Waals surface area contributed by atoms with Crippen molar-refractivity contribution < 1.29 is 10.0 Å². The number of aliphatic hydroxyl groups is 1. The Hall–Kier alpha value is -2.18. The summed E-state index contributed by atoms with van der Waals surface area (Å²) in [5.41, 5.74) is -0.260. The maximum atomic E-state index is 11.3. The Kier molecular flexibility index (Phi) is 5.18. The predicted octanol–water partition coefficient (Wildman–Crippen LogP) is 3.42. The molecular weight excluding hydrogens is 318 g/mol. The van der Waals surface area contributed by atoms with Gasteiger partial charge in [-0.25, -0.2) is 4.98 Å². The normalized spacial score (nSPS) is 11.3. The van der Waals surface area contributed by atoms with Crippen LogP contribution in [0.3, 0.4) is 0 Å². The van der Waals surface area contributed by atoms with Crippen molar-refractivity contribution in [2.45, 2.75) is 26.0 Å². The molecule has 0 aliphatic carbocycles. The minimum atomic E-state index is -1.04. The Labute approximate surface area is 139 Å². The van der Waals surface area contributed by atoms with E-state index in [1.807, 2.05) is 30.3 Å². The fraction of sp³-hybridized carbons (Fsp3) is 0.312. The number of nitrogens with zero attached hydrogens (tertiary/aromatic N) is 3. The van der Waals surface area contributed by atoms with E-state index in [4.69, 9.17) is 11.6 Å². The van der Waals surface area contributed by atoms with Crippen LogP contribution < -0.4 is 4.90 Å². The molecule has 0 bridgehead atoms. The molecule has 2 rings (SSSR count). The van der Waals surface area contributed by atoms with Crippen LogP contribution in [-0.4, -0.2) is 27.2 Å². The molecule has 0 fully saturated rings. The van der Waals surface area contributed by atoms with Crippen molar-refractivity contribution in [2.75, 3.05) is 11.4 Å². The average Bonchev–Trinajstić information content (AvgIpc) is 2.46. The van der Waals surface area contributed by atoms with E-state index in [0.717, 1.165) is 5.56 Å². The maximum absolute atomic E-state index is 11.3. The van der Waals surface area contributed by atoms with E-state index < -0.39 is 10.5 Å². The molecule has 0 spiro atoms. The molecule has 0 saturated heterocycles. The molecule has 0 amide bonds. The van der Waals surface area contributed by atoms with Gasteiger partial charge in [0.1, 0.15) is 0 Å². The van der Waals surface area contributed by atoms with Crippen molar-refractivity contribution in [2.24, 2.45) is 0 Å². The summed E-state index contributed by atoms with van der Waals surface area (Å²) in [5.74, 6) is 0.186. The van der Waals surface area contributed by atoms with Crippen molar-refractivity contribution in [1.82, 2.24) is 4.98 Å². The van der Waals surface area contributed by atoms with E-state index in [1.165, 1.54) is 12.3 Å². The van der Waals surface area contributed by atoms with Gasteiger partial charge in [0.2, 0.25) is 5.82 Å². The van der Waals surface area contributed by atoms with Crippen LogP contribution in [0.5, 0.6) is 0 Å². The highest BCUT2D eigenvalue weighted by Crippen LogP contribution is 2.30. The van der Waals surface area contributed by atoms with Crippen LogP contribution in [0.4, 0.5) is 11.5 Å². The lowest BCUT2D eigenvalue weighted by Crippen LogP contribution is -2.39. The number of halogens is 1. The molecular formula is C16H18ClN3O3. The van der Waals surface area contributed by atoms with Crippen LogP contribution in [0.1, 0.15) is 19.4 Å². The largest absolute Gasteiger partial charge is 0.389 e. The summed E-state index contributed by atoms with van der Waals surface area (Å²) in [6.07, 6.45) is 1.37. The quantitative estimate of drug-likeness (QED) is 0.646. The molecule has 0 aliphatic rings. The van der Waals surface area contributed by atoms with Gasteiger partial charge in [-0.1, -0.05) is 41.9 Å². The van der Waals surface area contributed by atoms with Gasteiger partial charge in [0.05, 0.1) is 15.5 Å². The number of rotatable bonds is 6. The van der Waals surface area contributed by atoms with Gasteiger partial charge in [0.25, 0.3) is 0 Å². The molecule has 0 radical (unpaired) electrons. The topological polar surface area (TPSA) is 79.5 Å². The van der Waals surface area contributed by atoms with Crippen LogP contribution >= 0.6 is 11.6 Å². The standard InChI is InChI=1S/C16H18ClN3O3/c1-16(2,21)11-19(10-12-6-4-3-5-7-12)15-14(20(22)23)8-13(17)9-18-15/h3-9,21H,10-11H2,1-2H3. The minimum Gasteiger partial charge on any atom is -0.389 e. The van der Waals surface area contributed by atoms with Crippen molar-refractivity contribution in [3.8, 4) is 0 Å². The number of nitro groups is 1. The Morgan fingerprint density at radius 3 is 2.57 bits per heavy atom. The van der Waals surface area contributed by atoms with Gasteiger partial charge in [-0.05, 0) is 19.4 Å². The van der Waals surface area contributed by atoms with E-state index in [0.29, 0.717) is 6.54 Å². The Bertz CT molecular complexity index is 687. The van der Waals surface area contributed by atoms with E-state index in [-0.39, 0.29) is 23.1 Å². The van der Waals surface area contributed by atoms with E-state index in [9.17, 15) is 15.2 Å². The minimum absolute atomic E-state index is 0.183. The third-order valence-electron chi connectivity index (χ3n) is 3.10. The maximum Gasteiger partial charge on any atom is 0.313 e. The predicted molar refractivity (Wildman–Crippen MR) is 89.7 cm³/mol. The van der Waals surface area contributed by atoms with Gasteiger partial charge < -0.3 is 10.0 Å². The Morgan fingerprint density at radius 1 is 1.35 bits per heavy atom. The number of anilines is 1. The molecule has 0 unspecified atom stereocenters. The van der Waals surface area contributed by atoms with Crippen LogP contribution in [0, 0.1) is 10.1 Å². The first-order valence-corrected chi connectivity index (χ1v) is 7.45. The van der Waals surface area contributed by atoms with Crippen molar-refractivity contribution in [1.29, 1.82) is 0 Å². The SMILES string of the molecule is CC(C)(O)CN(Cc1ccccc1)c1ncc(Cl)cc1[N+](=O)[O-]. The first-order valence-electron chi connectivity index (χ1n) is 7.07. The molecule has 1 aromatic heterocycles. The Balaban J connectivity index is 2.43. The van der Waals surface area contributed by atoms with Gasteiger partial charge in [-0.15, -0.1) is 0 Å². The summed E-state index contributed by atoms with van der Waals surface area (Å²) in [6, 6.07) is 10.8. The number of benzene rings is 1. The van der Waals surface area contributed by atoms with Gasteiger partial charge in [0.15, 0.2) is 0 Å². The molecule has 2 aromatic rings. The summed E-state index contributed by atoms with van der Waals surface area (Å²) < 4.78 is 0. The van der Waals surface area contributed by atoms with Crippen molar-refractivity contribution in [3.63, 3.8) is 0 Å². The van der Waals surface area contributed by atoms with E-state index in [1.54, 1.807) is 18.7 Å². The molecule has 23 heavy (non-hydrogen) atoms. The zero-order chi connectivity index (χ0) is 17.0. The fourth-order valence-electron chi connectivity index (χ4n) is 2.28. The molecule has 0 saturated carbocycles. The molecule has 1 aromatic carbocycles. The molecule has 1 N–H and O–H groups in total. The van der Waals surface area contributed by atoms with Gasteiger partial charge >= 0.3 is 5.69 Å². The second-order valence-electron chi connectivity index (χ2n) is 5.91. The molecule has 0 aliphatic heterocycles. The molecule has 122 valence electrons. The van der Waals surface area contributed by atoms with E-state index in [2.05, 4.69) is 4.98 Å². The lowest BCUT2D eigenvalue weighted by atomic mass is 10.1. The highest BCUT2D eigenvalue weighted by Gasteiger charge is 2.26. The lowest BCUT2D eigenvalue weighted by Gasteiger charge is -2.29. The summed E-state index contributed by atoms with van der Waals surface area (Å²) in [4.78, 5) is 16.6. The van der Waals surface area contributed by atoms with Crippen molar-refractivity contribution >= 4 is 23.1 Å². The molecule has 6 nitrogen and oxygen atoms in total. The second-order valence-corrected chi connectivity index (χ2v) is 6.34. The monoisotopic (exact) mass is 335 g/mol. The summed E-state index contributed by atoms with van der Waals surface area (Å²) in [7, 11) is 0. The highest BCUT2D eigenvalue weighted by atomic mass is 35.5. The molecule has 0 atom stereocenters. The third-order valence-corrected chi connectivity index (χ3v) is 3.31. The van der Waals surface area contributed by atoms with Gasteiger partial charge in [-0.2, -0.15) is 0 Å². The lowest BCUT2D eigenvalue weighted by molar-refractivity contribution is -0.384. The smallest absolute Gasteiger partial charge is 0.313 e. The molecule has 7 heteroatoms. The van der Waals surface area contributed by atoms with Crippen LogP contribution in [0.15, 0.2) is 42.6 Å². The Morgan fingerprint density at radius 2 is 2.00 bits per heavy atom. The number of hydrogen-bond donors (Lipinski definition) is 1. The van der Waals surface area contributed by atoms with Crippen molar-refractivity contribution in [3.05, 3.63) is 63.3 Å². The first kappa shape index (κ1) is 17.2. The van der Waals surface area contributed by atoms with Crippen LogP contribution in [0.2, 0.25) is 5.02 Å². The zero-order valence-electron chi connectivity index (χ0n) is 12.9. The number of pyridine rings is 1.